The fourth-order valence-electron chi connectivity index (χ4n) is 2.88. The maximum atomic E-state index is 12.5. The van der Waals surface area contributed by atoms with E-state index < -0.39 is 18.0 Å². The van der Waals surface area contributed by atoms with Gasteiger partial charge in [0.1, 0.15) is 11.9 Å². The molecule has 5 nitrogen and oxygen atoms in total. The second-order valence-electron chi connectivity index (χ2n) is 5.53. The first-order chi connectivity index (χ1) is 11.4. The van der Waals surface area contributed by atoms with Gasteiger partial charge in [-0.2, -0.15) is 0 Å². The predicted molar refractivity (Wildman–Crippen MR) is 96.2 cm³/mol. The summed E-state index contributed by atoms with van der Waals surface area (Å²) in [5, 5.41) is 0. The van der Waals surface area contributed by atoms with Crippen LogP contribution in [0.2, 0.25) is 0 Å². The minimum absolute atomic E-state index is 0.0718. The van der Waals surface area contributed by atoms with Crippen molar-refractivity contribution < 1.29 is 19.1 Å². The number of esters is 1. The molecule has 1 aliphatic rings. The maximum Gasteiger partial charge on any atom is 0.302 e. The lowest BCUT2D eigenvalue weighted by Crippen LogP contribution is -2.66. The Labute approximate surface area is 150 Å². The highest BCUT2D eigenvalue weighted by Crippen LogP contribution is 2.38. The molecule has 0 saturated carbocycles. The van der Waals surface area contributed by atoms with Gasteiger partial charge in [0.15, 0.2) is 0 Å². The van der Waals surface area contributed by atoms with Crippen LogP contribution in [0.25, 0.3) is 0 Å². The van der Waals surface area contributed by atoms with Crippen LogP contribution in [0.3, 0.4) is 0 Å². The summed E-state index contributed by atoms with van der Waals surface area (Å²) in [4.78, 5) is 25.6. The van der Waals surface area contributed by atoms with E-state index in [1.165, 1.54) is 6.92 Å². The zero-order chi connectivity index (χ0) is 17.9. The molecule has 0 spiro atoms. The molecule has 1 heterocycles. The number of benzene rings is 1. The number of rotatable bonds is 7. The van der Waals surface area contributed by atoms with Crippen LogP contribution in [0.4, 0.5) is 5.69 Å². The molecule has 1 aromatic rings. The van der Waals surface area contributed by atoms with Crippen molar-refractivity contribution in [2.24, 2.45) is 5.92 Å². The van der Waals surface area contributed by atoms with Gasteiger partial charge in [-0.05, 0) is 28.7 Å². The van der Waals surface area contributed by atoms with Crippen molar-refractivity contribution in [3.05, 3.63) is 48.0 Å². The number of ether oxygens (including phenoxy) is 2. The van der Waals surface area contributed by atoms with Crippen molar-refractivity contribution in [3.63, 3.8) is 0 Å². The highest BCUT2D eigenvalue weighted by Gasteiger charge is 2.51. The first-order valence-electron chi connectivity index (χ1n) is 7.49. The standard InChI is InChI=1S/C18H20BrNO4/c1-5-15-17(16(10-11(2)19)24-12(3)21)20(18(15)22)13-6-8-14(23-4)9-7-13/h5-9,15-17H,1-2,10H2,3-4H3/t15-,16-,17-/m1/s1. The number of amides is 1. The molecule has 0 aromatic heterocycles. The quantitative estimate of drug-likeness (QED) is 0.404. The summed E-state index contributed by atoms with van der Waals surface area (Å²) in [7, 11) is 1.58. The number of methoxy groups -OCH3 is 1. The van der Waals surface area contributed by atoms with Crippen LogP contribution >= 0.6 is 15.9 Å². The van der Waals surface area contributed by atoms with E-state index in [9.17, 15) is 9.59 Å². The Hall–Kier alpha value is -2.08. The molecule has 1 aromatic carbocycles. The molecule has 1 aliphatic heterocycles. The molecule has 0 aliphatic carbocycles. The molecular weight excluding hydrogens is 374 g/mol. The van der Waals surface area contributed by atoms with Crippen LogP contribution in [0.1, 0.15) is 13.3 Å². The minimum Gasteiger partial charge on any atom is -0.497 e. The van der Waals surface area contributed by atoms with Gasteiger partial charge >= 0.3 is 5.97 Å². The highest BCUT2D eigenvalue weighted by atomic mass is 79.9. The summed E-state index contributed by atoms with van der Waals surface area (Å²) >= 11 is 3.31. The Morgan fingerprint density at radius 3 is 2.50 bits per heavy atom. The summed E-state index contributed by atoms with van der Waals surface area (Å²) in [5.74, 6) is -0.166. The van der Waals surface area contributed by atoms with E-state index in [4.69, 9.17) is 9.47 Å². The van der Waals surface area contributed by atoms with Crippen molar-refractivity contribution >= 4 is 33.5 Å². The summed E-state index contributed by atoms with van der Waals surface area (Å²) < 4.78 is 11.3. The van der Waals surface area contributed by atoms with E-state index in [0.29, 0.717) is 16.7 Å². The number of halogens is 1. The average molecular weight is 394 g/mol. The normalized spacial score (nSPS) is 20.8. The van der Waals surface area contributed by atoms with Gasteiger partial charge in [0.05, 0.1) is 19.1 Å². The fourth-order valence-corrected chi connectivity index (χ4v) is 3.19. The van der Waals surface area contributed by atoms with Gasteiger partial charge in [-0.1, -0.05) is 28.6 Å². The number of hydrogen-bond donors (Lipinski definition) is 0. The lowest BCUT2D eigenvalue weighted by atomic mass is 9.81. The second kappa shape index (κ2) is 7.66. The SMILES string of the molecule is C=C[C@H]1C(=O)N(c2ccc(OC)cc2)[C@H]1[C@@H](CC(=C)Br)OC(C)=O. The monoisotopic (exact) mass is 393 g/mol. The molecule has 6 heteroatoms. The Morgan fingerprint density at radius 1 is 1.42 bits per heavy atom. The molecule has 1 fully saturated rings. The Bertz CT molecular complexity index is 639. The van der Waals surface area contributed by atoms with Gasteiger partial charge in [-0.3, -0.25) is 9.59 Å². The number of carbonyl (C=O) groups is 2. The van der Waals surface area contributed by atoms with Gasteiger partial charge in [0.25, 0.3) is 0 Å². The minimum atomic E-state index is -0.503. The van der Waals surface area contributed by atoms with E-state index in [0.717, 1.165) is 5.69 Å². The van der Waals surface area contributed by atoms with Crippen molar-refractivity contribution in [1.29, 1.82) is 0 Å². The molecule has 1 saturated heterocycles. The Kier molecular flexibility index (Phi) is 5.83. The van der Waals surface area contributed by atoms with E-state index >= 15 is 0 Å². The van der Waals surface area contributed by atoms with E-state index in [-0.39, 0.29) is 11.9 Å². The van der Waals surface area contributed by atoms with E-state index in [2.05, 4.69) is 29.1 Å². The summed E-state index contributed by atoms with van der Waals surface area (Å²) in [6, 6.07) is 6.85. The van der Waals surface area contributed by atoms with Gasteiger partial charge < -0.3 is 14.4 Å². The largest absolute Gasteiger partial charge is 0.497 e. The van der Waals surface area contributed by atoms with Crippen LogP contribution in [-0.4, -0.2) is 31.1 Å². The smallest absolute Gasteiger partial charge is 0.302 e. The average Bonchev–Trinajstić information content (AvgIpc) is 2.52. The van der Waals surface area contributed by atoms with Gasteiger partial charge in [-0.15, -0.1) is 6.58 Å². The summed E-state index contributed by atoms with van der Waals surface area (Å²) in [6.07, 6.45) is 1.51. The first kappa shape index (κ1) is 18.3. The number of anilines is 1. The second-order valence-corrected chi connectivity index (χ2v) is 6.65. The van der Waals surface area contributed by atoms with Crippen molar-refractivity contribution in [2.75, 3.05) is 12.0 Å². The zero-order valence-electron chi connectivity index (χ0n) is 13.7. The third-order valence-corrected chi connectivity index (χ3v) is 4.24. The Morgan fingerprint density at radius 2 is 2.04 bits per heavy atom. The number of nitrogens with zero attached hydrogens (tertiary/aromatic N) is 1. The number of hydrogen-bond acceptors (Lipinski definition) is 4. The number of β-lactam (4-membered cyclic amide) rings is 1. The van der Waals surface area contributed by atoms with Crippen molar-refractivity contribution in [1.82, 2.24) is 0 Å². The molecule has 3 atom stereocenters. The first-order valence-corrected chi connectivity index (χ1v) is 8.28. The van der Waals surface area contributed by atoms with Crippen molar-refractivity contribution in [3.8, 4) is 5.75 Å². The lowest BCUT2D eigenvalue weighted by Gasteiger charge is -2.49. The van der Waals surface area contributed by atoms with Gasteiger partial charge in [0, 0.05) is 19.0 Å². The van der Waals surface area contributed by atoms with Crippen LogP contribution in [-0.2, 0) is 14.3 Å². The van der Waals surface area contributed by atoms with Crippen LogP contribution in [0, 0.1) is 5.92 Å². The lowest BCUT2D eigenvalue weighted by molar-refractivity contribution is -0.152. The Balaban J connectivity index is 2.33. The van der Waals surface area contributed by atoms with Crippen LogP contribution < -0.4 is 9.64 Å². The number of carbonyl (C=O) groups excluding carboxylic acids is 2. The van der Waals surface area contributed by atoms with Gasteiger partial charge in [0.2, 0.25) is 5.91 Å². The molecule has 128 valence electrons. The third-order valence-electron chi connectivity index (χ3n) is 3.91. The summed E-state index contributed by atoms with van der Waals surface area (Å²) in [5.41, 5.74) is 0.723. The highest BCUT2D eigenvalue weighted by molar-refractivity contribution is 9.11. The molecule has 0 radical (unpaired) electrons. The molecule has 0 unspecified atom stereocenters. The fraction of sp³-hybridized carbons (Fsp3) is 0.333. The van der Waals surface area contributed by atoms with E-state index in [1.54, 1.807) is 42.4 Å². The maximum absolute atomic E-state index is 12.5. The zero-order valence-corrected chi connectivity index (χ0v) is 15.3. The predicted octanol–water partition coefficient (Wildman–Crippen LogP) is 3.44. The van der Waals surface area contributed by atoms with Crippen molar-refractivity contribution in [2.45, 2.75) is 25.5 Å². The molecule has 24 heavy (non-hydrogen) atoms. The molecule has 1 amide bonds. The molecular formula is C18H20BrNO4. The van der Waals surface area contributed by atoms with Gasteiger partial charge in [-0.25, -0.2) is 0 Å². The third kappa shape index (κ3) is 3.70. The molecule has 2 rings (SSSR count). The van der Waals surface area contributed by atoms with Crippen LogP contribution in [0.5, 0.6) is 5.75 Å². The molecule has 0 N–H and O–H groups in total. The summed E-state index contributed by atoms with van der Waals surface area (Å²) in [6.45, 7) is 8.90. The van der Waals surface area contributed by atoms with Crippen LogP contribution in [0.15, 0.2) is 48.0 Å². The van der Waals surface area contributed by atoms with E-state index in [1.807, 2.05) is 0 Å². The molecule has 0 bridgehead atoms. The topological polar surface area (TPSA) is 55.8 Å².